The highest BCUT2D eigenvalue weighted by Gasteiger charge is 2.24. The van der Waals surface area contributed by atoms with Gasteiger partial charge in [-0.3, -0.25) is 0 Å². The van der Waals surface area contributed by atoms with Gasteiger partial charge in [0.05, 0.1) is 0 Å². The molecule has 2 aromatic heterocycles. The molecule has 1 fully saturated rings. The van der Waals surface area contributed by atoms with Crippen LogP contribution in [0.2, 0.25) is 5.28 Å². The molecule has 0 bridgehead atoms. The average molecular weight is 279 g/mol. The number of anilines is 1. The number of hydrogen-bond acceptors (Lipinski definition) is 5. The van der Waals surface area contributed by atoms with Gasteiger partial charge in [-0.25, -0.2) is 4.68 Å². The van der Waals surface area contributed by atoms with Gasteiger partial charge in [-0.1, -0.05) is 12.8 Å². The van der Waals surface area contributed by atoms with Gasteiger partial charge in [0, 0.05) is 18.4 Å². The SMILES string of the molecule is CC(CC1CC1)Nc1nc(Cl)nc(-n2cccn2)n1. The Morgan fingerprint density at radius 1 is 1.42 bits per heavy atom. The second kappa shape index (κ2) is 5.13. The summed E-state index contributed by atoms with van der Waals surface area (Å²) in [6.07, 6.45) is 7.25. The number of hydrogen-bond donors (Lipinski definition) is 1. The van der Waals surface area contributed by atoms with E-state index in [9.17, 15) is 0 Å². The fourth-order valence-electron chi connectivity index (χ4n) is 2.03. The highest BCUT2D eigenvalue weighted by Crippen LogP contribution is 2.33. The van der Waals surface area contributed by atoms with Crippen molar-refractivity contribution in [2.75, 3.05) is 5.32 Å². The summed E-state index contributed by atoms with van der Waals surface area (Å²) in [6.45, 7) is 2.13. The van der Waals surface area contributed by atoms with Gasteiger partial charge in [-0.05, 0) is 36.9 Å². The van der Waals surface area contributed by atoms with Gasteiger partial charge in [0.1, 0.15) is 0 Å². The van der Waals surface area contributed by atoms with Crippen LogP contribution in [0.15, 0.2) is 18.5 Å². The minimum atomic E-state index is 0.168. The first-order valence-electron chi connectivity index (χ1n) is 6.39. The van der Waals surface area contributed by atoms with Gasteiger partial charge in [0.15, 0.2) is 0 Å². The first-order valence-corrected chi connectivity index (χ1v) is 6.76. The van der Waals surface area contributed by atoms with E-state index in [-0.39, 0.29) is 5.28 Å². The smallest absolute Gasteiger partial charge is 0.256 e. The molecule has 1 aliphatic carbocycles. The van der Waals surface area contributed by atoms with Crippen LogP contribution in [0, 0.1) is 5.92 Å². The van der Waals surface area contributed by atoms with Crippen LogP contribution in [0.5, 0.6) is 0 Å². The summed E-state index contributed by atoms with van der Waals surface area (Å²) in [6, 6.07) is 2.14. The maximum Gasteiger partial charge on any atom is 0.256 e. The summed E-state index contributed by atoms with van der Waals surface area (Å²) in [5, 5.41) is 7.52. The highest BCUT2D eigenvalue weighted by atomic mass is 35.5. The second-order valence-corrected chi connectivity index (χ2v) is 5.24. The standard InChI is InChI=1S/C12H15ClN6/c1-8(7-9-3-4-9)15-11-16-10(13)17-12(18-11)19-6-2-5-14-19/h2,5-6,8-9H,3-4,7H2,1H3,(H,15,16,17,18). The molecule has 1 N–H and O–H groups in total. The normalized spacial score (nSPS) is 16.3. The Morgan fingerprint density at radius 2 is 2.26 bits per heavy atom. The predicted molar refractivity (Wildman–Crippen MR) is 72.4 cm³/mol. The van der Waals surface area contributed by atoms with Gasteiger partial charge in [0.25, 0.3) is 5.95 Å². The van der Waals surface area contributed by atoms with Crippen LogP contribution in [0.4, 0.5) is 5.95 Å². The molecule has 6 nitrogen and oxygen atoms in total. The molecular formula is C12H15ClN6. The van der Waals surface area contributed by atoms with Crippen LogP contribution >= 0.6 is 11.6 Å². The molecule has 0 saturated heterocycles. The predicted octanol–water partition coefficient (Wildman–Crippen LogP) is 2.31. The highest BCUT2D eigenvalue weighted by molar-refractivity contribution is 6.28. The maximum absolute atomic E-state index is 5.93. The lowest BCUT2D eigenvalue weighted by atomic mass is 10.2. The van der Waals surface area contributed by atoms with Crippen molar-refractivity contribution in [2.45, 2.75) is 32.2 Å². The number of halogens is 1. The largest absolute Gasteiger partial charge is 0.352 e. The molecule has 2 aromatic rings. The van der Waals surface area contributed by atoms with Crippen LogP contribution in [0.3, 0.4) is 0 Å². The third-order valence-corrected chi connectivity index (χ3v) is 3.23. The number of nitrogens with one attached hydrogen (secondary N) is 1. The van der Waals surface area contributed by atoms with Crippen molar-refractivity contribution in [3.05, 3.63) is 23.7 Å². The molecule has 0 radical (unpaired) electrons. The van der Waals surface area contributed by atoms with Crippen molar-refractivity contribution >= 4 is 17.5 Å². The molecule has 7 heteroatoms. The van der Waals surface area contributed by atoms with Crippen molar-refractivity contribution in [1.29, 1.82) is 0 Å². The summed E-state index contributed by atoms with van der Waals surface area (Å²) in [4.78, 5) is 12.5. The Balaban J connectivity index is 1.77. The lowest BCUT2D eigenvalue weighted by Gasteiger charge is -2.13. The second-order valence-electron chi connectivity index (χ2n) is 4.90. The molecule has 1 saturated carbocycles. The van der Waals surface area contributed by atoms with Gasteiger partial charge in [-0.15, -0.1) is 0 Å². The van der Waals surface area contributed by atoms with E-state index >= 15 is 0 Å². The minimum Gasteiger partial charge on any atom is -0.352 e. The van der Waals surface area contributed by atoms with Crippen LogP contribution < -0.4 is 5.32 Å². The molecule has 1 atom stereocenters. The first kappa shape index (κ1) is 12.3. The van der Waals surface area contributed by atoms with Crippen molar-refractivity contribution in [3.63, 3.8) is 0 Å². The van der Waals surface area contributed by atoms with Crippen molar-refractivity contribution in [3.8, 4) is 5.95 Å². The fraction of sp³-hybridized carbons (Fsp3) is 0.500. The molecule has 2 heterocycles. The Labute approximate surface area is 116 Å². The van der Waals surface area contributed by atoms with E-state index in [1.807, 2.05) is 0 Å². The van der Waals surface area contributed by atoms with Gasteiger partial charge in [-0.2, -0.15) is 20.1 Å². The Kier molecular flexibility index (Phi) is 3.33. The van der Waals surface area contributed by atoms with Crippen molar-refractivity contribution < 1.29 is 0 Å². The maximum atomic E-state index is 5.93. The Morgan fingerprint density at radius 3 is 2.95 bits per heavy atom. The van der Waals surface area contributed by atoms with E-state index in [0.29, 0.717) is 17.9 Å². The quantitative estimate of drug-likeness (QED) is 0.909. The molecule has 19 heavy (non-hydrogen) atoms. The molecular weight excluding hydrogens is 264 g/mol. The monoisotopic (exact) mass is 278 g/mol. The molecule has 0 aliphatic heterocycles. The third-order valence-electron chi connectivity index (χ3n) is 3.06. The number of rotatable bonds is 5. The lowest BCUT2D eigenvalue weighted by molar-refractivity contribution is 0.635. The van der Waals surface area contributed by atoms with Crippen LogP contribution in [0.1, 0.15) is 26.2 Å². The summed E-state index contributed by atoms with van der Waals surface area (Å²) in [5.41, 5.74) is 0. The lowest BCUT2D eigenvalue weighted by Crippen LogP contribution is -2.19. The fourth-order valence-corrected chi connectivity index (χ4v) is 2.18. The van der Waals surface area contributed by atoms with Gasteiger partial charge >= 0.3 is 0 Å². The first-order chi connectivity index (χ1) is 9.20. The zero-order valence-electron chi connectivity index (χ0n) is 10.6. The molecule has 0 amide bonds. The van der Waals surface area contributed by atoms with E-state index < -0.39 is 0 Å². The van der Waals surface area contributed by atoms with Crippen LogP contribution in [-0.2, 0) is 0 Å². The molecule has 0 aromatic carbocycles. The summed E-state index contributed by atoms with van der Waals surface area (Å²) < 4.78 is 1.56. The van der Waals surface area contributed by atoms with E-state index in [1.165, 1.54) is 12.8 Å². The molecule has 0 spiro atoms. The Hall–Kier alpha value is -1.69. The summed E-state index contributed by atoms with van der Waals surface area (Å²) >= 11 is 5.93. The molecule has 1 aliphatic rings. The van der Waals surface area contributed by atoms with Gasteiger partial charge in [0.2, 0.25) is 11.2 Å². The molecule has 100 valence electrons. The van der Waals surface area contributed by atoms with E-state index in [2.05, 4.69) is 32.3 Å². The molecule has 3 rings (SSSR count). The van der Waals surface area contributed by atoms with Crippen LogP contribution in [-0.4, -0.2) is 30.8 Å². The van der Waals surface area contributed by atoms with Gasteiger partial charge < -0.3 is 5.32 Å². The Bertz CT molecular complexity index is 551. The van der Waals surface area contributed by atoms with Crippen LogP contribution in [0.25, 0.3) is 5.95 Å². The summed E-state index contributed by atoms with van der Waals surface area (Å²) in [7, 11) is 0. The zero-order chi connectivity index (χ0) is 13.2. The van der Waals surface area contributed by atoms with E-state index in [1.54, 1.807) is 23.1 Å². The average Bonchev–Trinajstić information content (AvgIpc) is 2.99. The zero-order valence-corrected chi connectivity index (χ0v) is 11.4. The summed E-state index contributed by atoms with van der Waals surface area (Å²) in [5.74, 6) is 1.77. The topological polar surface area (TPSA) is 68.5 Å². The minimum absolute atomic E-state index is 0.168. The third kappa shape index (κ3) is 3.20. The van der Waals surface area contributed by atoms with E-state index in [4.69, 9.17) is 11.6 Å². The number of nitrogens with zero attached hydrogens (tertiary/aromatic N) is 5. The molecule has 1 unspecified atom stereocenters. The van der Waals surface area contributed by atoms with Crippen molar-refractivity contribution in [2.24, 2.45) is 5.92 Å². The van der Waals surface area contributed by atoms with E-state index in [0.717, 1.165) is 12.3 Å². The van der Waals surface area contributed by atoms with Crippen molar-refractivity contribution in [1.82, 2.24) is 24.7 Å². The number of aromatic nitrogens is 5.